The molecule has 0 spiro atoms. The van der Waals surface area contributed by atoms with Crippen molar-refractivity contribution in [3.63, 3.8) is 0 Å². The van der Waals surface area contributed by atoms with Crippen LogP contribution in [0.3, 0.4) is 0 Å². The molecule has 3 aromatic rings. The fourth-order valence-electron chi connectivity index (χ4n) is 2.47. The van der Waals surface area contributed by atoms with Crippen molar-refractivity contribution in [2.45, 2.75) is 19.5 Å². The lowest BCUT2D eigenvalue weighted by Crippen LogP contribution is -2.25. The highest BCUT2D eigenvalue weighted by atomic mass is 79.9. The maximum absolute atomic E-state index is 12.4. The van der Waals surface area contributed by atoms with E-state index in [1.165, 1.54) is 28.0 Å². The van der Waals surface area contributed by atoms with Gasteiger partial charge in [-0.25, -0.2) is 0 Å². The Morgan fingerprint density at radius 2 is 2.14 bits per heavy atom. The average Bonchev–Trinajstić information content (AvgIpc) is 3.38. The molecule has 152 valence electrons. The van der Waals surface area contributed by atoms with Gasteiger partial charge in [0, 0.05) is 19.7 Å². The van der Waals surface area contributed by atoms with Crippen molar-refractivity contribution in [2.24, 2.45) is 7.05 Å². The lowest BCUT2D eigenvalue weighted by molar-refractivity contribution is -0.390. The van der Waals surface area contributed by atoms with E-state index >= 15 is 0 Å². The Hall–Kier alpha value is -3.48. The molecular weight excluding hydrogens is 450 g/mol. The van der Waals surface area contributed by atoms with Crippen molar-refractivity contribution >= 4 is 39.2 Å². The number of hydrogen-bond acceptors (Lipinski definition) is 7. The number of aromatic nitrogens is 4. The van der Waals surface area contributed by atoms with Gasteiger partial charge in [-0.2, -0.15) is 9.78 Å². The lowest BCUT2D eigenvalue weighted by Gasteiger charge is -2.05. The highest BCUT2D eigenvalue weighted by molar-refractivity contribution is 9.10. The topological polar surface area (TPSA) is 150 Å². The summed E-state index contributed by atoms with van der Waals surface area (Å²) in [4.78, 5) is 34.8. The first kappa shape index (κ1) is 20.3. The second-order valence-electron chi connectivity index (χ2n) is 5.95. The van der Waals surface area contributed by atoms with Gasteiger partial charge in [0.2, 0.25) is 5.91 Å². The van der Waals surface area contributed by atoms with E-state index in [-0.39, 0.29) is 41.2 Å². The van der Waals surface area contributed by atoms with Crippen LogP contribution < -0.4 is 10.6 Å². The third kappa shape index (κ3) is 5.07. The quantitative estimate of drug-likeness (QED) is 0.380. The number of aryl methyl sites for hydroxylation is 2. The molecule has 0 bridgehead atoms. The van der Waals surface area contributed by atoms with Gasteiger partial charge in [-0.15, -0.1) is 0 Å². The second-order valence-corrected chi connectivity index (χ2v) is 6.80. The Kier molecular flexibility index (Phi) is 6.07. The number of hydrogen-bond donors (Lipinski definition) is 2. The molecule has 2 N–H and O–H groups in total. The fraction of sp³-hybridized carbons (Fsp3) is 0.250. The smallest absolute Gasteiger partial charge is 0.404 e. The number of halogens is 1. The summed E-state index contributed by atoms with van der Waals surface area (Å²) in [6, 6.07) is 3.43. The molecule has 0 saturated carbocycles. The predicted molar refractivity (Wildman–Crippen MR) is 103 cm³/mol. The van der Waals surface area contributed by atoms with Crippen LogP contribution in [-0.4, -0.2) is 36.3 Å². The van der Waals surface area contributed by atoms with Crippen LogP contribution in [-0.2, 0) is 24.9 Å². The summed E-state index contributed by atoms with van der Waals surface area (Å²) in [5, 5.41) is 24.0. The highest BCUT2D eigenvalue weighted by Crippen LogP contribution is 2.22. The highest BCUT2D eigenvalue weighted by Gasteiger charge is 2.20. The number of nitrogens with zero attached hydrogens (tertiary/aromatic N) is 5. The zero-order valence-electron chi connectivity index (χ0n) is 15.2. The number of nitrogens with one attached hydrogen (secondary N) is 2. The van der Waals surface area contributed by atoms with Crippen molar-refractivity contribution in [3.8, 4) is 0 Å². The van der Waals surface area contributed by atoms with E-state index in [1.807, 2.05) is 0 Å². The number of nitro groups is 1. The summed E-state index contributed by atoms with van der Waals surface area (Å²) in [7, 11) is 1.62. The van der Waals surface area contributed by atoms with Crippen molar-refractivity contribution in [1.29, 1.82) is 0 Å². The number of amides is 2. The molecule has 0 aromatic carbocycles. The van der Waals surface area contributed by atoms with Gasteiger partial charge in [0.15, 0.2) is 5.69 Å². The summed E-state index contributed by atoms with van der Waals surface area (Å²) < 4.78 is 8.08. The first-order valence-corrected chi connectivity index (χ1v) is 9.14. The molecule has 0 saturated heterocycles. The van der Waals surface area contributed by atoms with Crippen LogP contribution in [0.1, 0.15) is 22.7 Å². The predicted octanol–water partition coefficient (Wildman–Crippen LogP) is 1.84. The minimum Gasteiger partial charge on any atom is -0.467 e. The molecule has 0 aliphatic heterocycles. The monoisotopic (exact) mass is 465 g/mol. The van der Waals surface area contributed by atoms with Gasteiger partial charge in [0.05, 0.1) is 36.3 Å². The molecule has 3 aromatic heterocycles. The summed E-state index contributed by atoms with van der Waals surface area (Å²) in [6.07, 6.45) is 4.42. The van der Waals surface area contributed by atoms with E-state index in [0.717, 1.165) is 0 Å². The van der Waals surface area contributed by atoms with Crippen LogP contribution >= 0.6 is 15.9 Å². The zero-order chi connectivity index (χ0) is 21.0. The standard InChI is InChI=1S/C16H16BrN7O5/c1-22-9-12(14(20-22)16(26)18-7-10-3-2-6-29-10)19-13(25)4-5-23-8-11(17)15(21-23)24(27)28/h2-3,6,8-9H,4-5,7H2,1H3,(H,18,26)(H,19,25). The molecule has 0 radical (unpaired) electrons. The van der Waals surface area contributed by atoms with E-state index in [4.69, 9.17) is 4.42 Å². The molecule has 29 heavy (non-hydrogen) atoms. The van der Waals surface area contributed by atoms with E-state index in [1.54, 1.807) is 19.2 Å². The zero-order valence-corrected chi connectivity index (χ0v) is 16.7. The number of furan rings is 1. The van der Waals surface area contributed by atoms with Gasteiger partial charge in [-0.05, 0) is 33.0 Å². The van der Waals surface area contributed by atoms with E-state index in [2.05, 4.69) is 36.8 Å². The van der Waals surface area contributed by atoms with Crippen LogP contribution in [0, 0.1) is 10.1 Å². The Balaban J connectivity index is 1.59. The molecule has 3 rings (SSSR count). The number of anilines is 1. The molecule has 0 fully saturated rings. The van der Waals surface area contributed by atoms with E-state index in [9.17, 15) is 19.7 Å². The van der Waals surface area contributed by atoms with Crippen LogP contribution in [0.2, 0.25) is 0 Å². The van der Waals surface area contributed by atoms with Crippen LogP contribution in [0.25, 0.3) is 0 Å². The van der Waals surface area contributed by atoms with Crippen LogP contribution in [0.4, 0.5) is 11.5 Å². The number of rotatable bonds is 8. The minimum atomic E-state index is -0.621. The molecule has 3 heterocycles. The van der Waals surface area contributed by atoms with Crippen molar-refractivity contribution < 1.29 is 18.9 Å². The maximum atomic E-state index is 12.4. The Labute approximate surface area is 172 Å². The van der Waals surface area contributed by atoms with Gasteiger partial charge < -0.3 is 25.2 Å². The molecule has 0 unspecified atom stereocenters. The summed E-state index contributed by atoms with van der Waals surface area (Å²) in [5.41, 5.74) is 0.312. The summed E-state index contributed by atoms with van der Waals surface area (Å²) >= 11 is 3.05. The Morgan fingerprint density at radius 3 is 2.79 bits per heavy atom. The molecule has 0 aliphatic rings. The Bertz CT molecular complexity index is 1040. The van der Waals surface area contributed by atoms with Gasteiger partial charge in [0.25, 0.3) is 5.91 Å². The van der Waals surface area contributed by atoms with Crippen molar-refractivity contribution in [1.82, 2.24) is 24.9 Å². The van der Waals surface area contributed by atoms with Gasteiger partial charge in [-0.3, -0.25) is 14.3 Å². The average molecular weight is 466 g/mol. The Morgan fingerprint density at radius 1 is 1.34 bits per heavy atom. The summed E-state index contributed by atoms with van der Waals surface area (Å²) in [6.45, 7) is 0.307. The molecular formula is C16H16BrN7O5. The van der Waals surface area contributed by atoms with Crippen molar-refractivity contribution in [2.75, 3.05) is 5.32 Å². The molecule has 2 amide bonds. The third-order valence-electron chi connectivity index (χ3n) is 3.76. The summed E-state index contributed by atoms with van der Waals surface area (Å²) in [5.74, 6) is -0.608. The van der Waals surface area contributed by atoms with Gasteiger partial charge >= 0.3 is 5.82 Å². The third-order valence-corrected chi connectivity index (χ3v) is 4.32. The first-order valence-electron chi connectivity index (χ1n) is 8.35. The SMILES string of the molecule is Cn1cc(NC(=O)CCn2cc(Br)c([N+](=O)[O-])n2)c(C(=O)NCc2ccco2)n1. The minimum absolute atomic E-state index is 0.00633. The fourth-order valence-corrected chi connectivity index (χ4v) is 2.93. The second kappa shape index (κ2) is 8.68. The lowest BCUT2D eigenvalue weighted by atomic mass is 10.3. The number of carbonyl (C=O) groups excluding carboxylic acids is 2. The van der Waals surface area contributed by atoms with E-state index in [0.29, 0.717) is 5.76 Å². The molecule has 13 heteroatoms. The maximum Gasteiger partial charge on any atom is 0.404 e. The largest absolute Gasteiger partial charge is 0.467 e. The molecule has 12 nitrogen and oxygen atoms in total. The van der Waals surface area contributed by atoms with E-state index < -0.39 is 16.7 Å². The van der Waals surface area contributed by atoms with Gasteiger partial charge in [-0.1, -0.05) is 0 Å². The van der Waals surface area contributed by atoms with Crippen LogP contribution in [0.15, 0.2) is 39.7 Å². The molecule has 0 atom stereocenters. The number of carbonyl (C=O) groups is 2. The molecule has 0 aliphatic carbocycles. The van der Waals surface area contributed by atoms with Crippen molar-refractivity contribution in [3.05, 3.63) is 56.8 Å². The normalized spacial score (nSPS) is 10.7. The van der Waals surface area contributed by atoms with Gasteiger partial charge in [0.1, 0.15) is 10.2 Å². The first-order chi connectivity index (χ1) is 13.8. The van der Waals surface area contributed by atoms with Crippen LogP contribution in [0.5, 0.6) is 0 Å².